The van der Waals surface area contributed by atoms with Gasteiger partial charge < -0.3 is 14.4 Å². The van der Waals surface area contributed by atoms with Gasteiger partial charge in [0, 0.05) is 43.9 Å². The first-order chi connectivity index (χ1) is 17.6. The lowest BCUT2D eigenvalue weighted by Crippen LogP contribution is -2.41. The molecule has 1 amide bonds. The second-order valence-electron chi connectivity index (χ2n) is 9.15. The minimum absolute atomic E-state index is 0.0454. The molecule has 3 aliphatic rings. The number of nitrogens with zero attached hydrogens (tertiary/aromatic N) is 4. The number of benzene rings is 2. The van der Waals surface area contributed by atoms with E-state index in [9.17, 15) is 13.4 Å². The van der Waals surface area contributed by atoms with E-state index >= 15 is 0 Å². The smallest absolute Gasteiger partial charge is 0.274 e. The Morgan fingerprint density at radius 3 is 2.39 bits per heavy atom. The summed E-state index contributed by atoms with van der Waals surface area (Å²) in [6.07, 6.45) is 0. The largest absolute Gasteiger partial charge is 0.379 e. The van der Waals surface area contributed by atoms with Gasteiger partial charge in [-0.1, -0.05) is 24.3 Å². The van der Waals surface area contributed by atoms with Crippen LogP contribution in [0.2, 0.25) is 0 Å². The number of amides is 1. The van der Waals surface area contributed by atoms with E-state index in [1.54, 1.807) is 21.7 Å². The lowest BCUT2D eigenvalue weighted by molar-refractivity contribution is 0.0298. The summed E-state index contributed by atoms with van der Waals surface area (Å²) in [4.78, 5) is 17.7. The van der Waals surface area contributed by atoms with Crippen LogP contribution in [0.25, 0.3) is 16.9 Å². The fourth-order valence-corrected chi connectivity index (χ4v) is 6.40. The van der Waals surface area contributed by atoms with E-state index in [0.717, 1.165) is 38.5 Å². The van der Waals surface area contributed by atoms with Crippen molar-refractivity contribution in [2.45, 2.75) is 17.2 Å². The Kier molecular flexibility index (Phi) is 6.43. The second kappa shape index (κ2) is 9.85. The summed E-state index contributed by atoms with van der Waals surface area (Å²) in [5.41, 5.74) is 3.94. The van der Waals surface area contributed by atoms with Crippen LogP contribution in [0.15, 0.2) is 47.4 Å². The molecular weight excluding hydrogens is 483 g/mol. The minimum atomic E-state index is -1.61. The molecule has 2 fully saturated rings. The van der Waals surface area contributed by atoms with Crippen molar-refractivity contribution in [3.05, 3.63) is 65.1 Å². The van der Waals surface area contributed by atoms with Crippen molar-refractivity contribution in [2.75, 3.05) is 52.6 Å². The van der Waals surface area contributed by atoms with Crippen LogP contribution in [0.1, 0.15) is 21.6 Å². The van der Waals surface area contributed by atoms with Crippen molar-refractivity contribution in [2.24, 2.45) is 0 Å². The van der Waals surface area contributed by atoms with E-state index in [4.69, 9.17) is 14.6 Å². The number of aromatic nitrogens is 2. The van der Waals surface area contributed by atoms with Gasteiger partial charge in [0.1, 0.15) is 5.82 Å². The number of halogens is 1. The normalized spacial score (nSPS) is 20.1. The second-order valence-corrected chi connectivity index (χ2v) is 10.5. The highest BCUT2D eigenvalue weighted by atomic mass is 32.2. The third-order valence-corrected chi connectivity index (χ3v) is 8.32. The Bertz CT molecular complexity index is 1310. The van der Waals surface area contributed by atoms with Gasteiger partial charge in [-0.15, -0.1) is 0 Å². The van der Waals surface area contributed by atoms with Crippen LogP contribution in [0.3, 0.4) is 0 Å². The molecule has 3 aromatic rings. The number of morpholine rings is 2. The average Bonchev–Trinajstić information content (AvgIpc) is 3.29. The van der Waals surface area contributed by atoms with Gasteiger partial charge in [-0.3, -0.25) is 13.9 Å². The summed E-state index contributed by atoms with van der Waals surface area (Å²) < 4.78 is 40.4. The van der Waals surface area contributed by atoms with Gasteiger partial charge in [0.2, 0.25) is 0 Å². The molecule has 1 aromatic heterocycles. The summed E-state index contributed by atoms with van der Waals surface area (Å²) in [5, 5.41) is 4.75. The van der Waals surface area contributed by atoms with Gasteiger partial charge in [-0.2, -0.15) is 5.10 Å². The van der Waals surface area contributed by atoms with Crippen LogP contribution >= 0.6 is 0 Å². The van der Waals surface area contributed by atoms with Crippen molar-refractivity contribution in [3.63, 3.8) is 0 Å². The third kappa shape index (κ3) is 4.28. The third-order valence-electron chi connectivity index (χ3n) is 6.90. The molecule has 0 spiro atoms. The SMILES string of the molecule is O=C(c1nn(-c2ccc(CN3CCOCC3)cc2)c2c1CS(=O)c1c(F)cccc1-2)N1CCOCC1. The highest BCUT2D eigenvalue weighted by Crippen LogP contribution is 2.40. The molecule has 8 nitrogen and oxygen atoms in total. The van der Waals surface area contributed by atoms with Gasteiger partial charge in [-0.25, -0.2) is 9.07 Å². The van der Waals surface area contributed by atoms with Crippen molar-refractivity contribution in [1.29, 1.82) is 0 Å². The molecule has 2 aromatic carbocycles. The Balaban J connectivity index is 1.42. The zero-order valence-electron chi connectivity index (χ0n) is 19.8. The van der Waals surface area contributed by atoms with Crippen LogP contribution in [0.5, 0.6) is 0 Å². The van der Waals surface area contributed by atoms with Crippen molar-refractivity contribution < 1.29 is 22.9 Å². The Morgan fingerprint density at radius 1 is 0.972 bits per heavy atom. The molecule has 2 saturated heterocycles. The molecule has 0 aliphatic carbocycles. The Labute approximate surface area is 211 Å². The first-order valence-electron chi connectivity index (χ1n) is 12.2. The molecule has 3 aliphatic heterocycles. The van der Waals surface area contributed by atoms with Crippen molar-refractivity contribution in [3.8, 4) is 16.9 Å². The molecule has 0 bridgehead atoms. The topological polar surface area (TPSA) is 76.9 Å². The summed E-state index contributed by atoms with van der Waals surface area (Å²) in [6, 6.07) is 12.7. The van der Waals surface area contributed by atoms with Crippen LogP contribution in [-0.2, 0) is 32.6 Å². The number of rotatable bonds is 4. The van der Waals surface area contributed by atoms with Gasteiger partial charge in [0.25, 0.3) is 5.91 Å². The van der Waals surface area contributed by atoms with Crippen LogP contribution in [0, 0.1) is 5.82 Å². The average molecular weight is 511 g/mol. The Hall–Kier alpha value is -2.92. The molecule has 1 atom stereocenters. The highest BCUT2D eigenvalue weighted by Gasteiger charge is 2.35. The number of ether oxygens (including phenoxy) is 2. The standard InChI is InChI=1S/C26H27FN4O4S/c27-22-3-1-2-20-24-21(17-36(33)25(20)22)23(26(32)30-10-14-35-15-11-30)28-31(24)19-6-4-18(5-7-19)16-29-8-12-34-13-9-29/h1-7H,8-17H2. The molecule has 10 heteroatoms. The highest BCUT2D eigenvalue weighted by molar-refractivity contribution is 7.84. The van der Waals surface area contributed by atoms with E-state index in [0.29, 0.717) is 43.1 Å². The molecule has 4 heterocycles. The van der Waals surface area contributed by atoms with E-state index in [1.165, 1.54) is 11.6 Å². The van der Waals surface area contributed by atoms with Crippen molar-refractivity contribution in [1.82, 2.24) is 19.6 Å². The molecule has 36 heavy (non-hydrogen) atoms. The number of hydrogen-bond acceptors (Lipinski definition) is 6. The maximum atomic E-state index is 14.8. The Morgan fingerprint density at radius 2 is 1.67 bits per heavy atom. The van der Waals surface area contributed by atoms with E-state index in [1.807, 2.05) is 12.1 Å². The van der Waals surface area contributed by atoms with Crippen LogP contribution < -0.4 is 0 Å². The maximum Gasteiger partial charge on any atom is 0.274 e. The predicted octanol–water partition coefficient (Wildman–Crippen LogP) is 2.60. The van der Waals surface area contributed by atoms with Gasteiger partial charge in [-0.05, 0) is 23.8 Å². The number of carbonyl (C=O) groups is 1. The zero-order chi connectivity index (χ0) is 24.6. The summed E-state index contributed by atoms with van der Waals surface area (Å²) >= 11 is 0. The zero-order valence-corrected chi connectivity index (χ0v) is 20.6. The monoisotopic (exact) mass is 510 g/mol. The maximum absolute atomic E-state index is 14.8. The van der Waals surface area contributed by atoms with Crippen LogP contribution in [-0.4, -0.2) is 82.3 Å². The first kappa shape index (κ1) is 23.5. The number of carbonyl (C=O) groups excluding carboxylic acids is 1. The summed E-state index contributed by atoms with van der Waals surface area (Å²) in [6.45, 7) is 6.02. The van der Waals surface area contributed by atoms with Crippen molar-refractivity contribution >= 4 is 16.7 Å². The summed E-state index contributed by atoms with van der Waals surface area (Å²) in [7, 11) is -1.61. The number of hydrogen-bond donors (Lipinski definition) is 0. The molecule has 6 rings (SSSR count). The fraction of sp³-hybridized carbons (Fsp3) is 0.385. The fourth-order valence-electron chi connectivity index (χ4n) is 5.03. The van der Waals surface area contributed by atoms with Gasteiger partial charge in [0.15, 0.2) is 5.69 Å². The first-order valence-corrected chi connectivity index (χ1v) is 13.5. The molecule has 1 unspecified atom stereocenters. The van der Waals surface area contributed by atoms with Crippen LogP contribution in [0.4, 0.5) is 4.39 Å². The predicted molar refractivity (Wildman–Crippen MR) is 132 cm³/mol. The number of fused-ring (bicyclic) bond motifs is 3. The van der Waals surface area contributed by atoms with E-state index in [2.05, 4.69) is 17.0 Å². The lowest BCUT2D eigenvalue weighted by atomic mass is 10.0. The molecular formula is C26H27FN4O4S. The summed E-state index contributed by atoms with van der Waals surface area (Å²) in [5.74, 6) is -0.677. The van der Waals surface area contributed by atoms with Gasteiger partial charge >= 0.3 is 0 Å². The minimum Gasteiger partial charge on any atom is -0.379 e. The molecule has 0 saturated carbocycles. The molecule has 0 N–H and O–H groups in total. The van der Waals surface area contributed by atoms with E-state index < -0.39 is 16.6 Å². The van der Waals surface area contributed by atoms with E-state index in [-0.39, 0.29) is 22.2 Å². The molecule has 188 valence electrons. The quantitative estimate of drug-likeness (QED) is 0.537. The van der Waals surface area contributed by atoms with Gasteiger partial charge in [0.05, 0.1) is 59.3 Å². The lowest BCUT2D eigenvalue weighted by Gasteiger charge is -2.26. The molecule has 0 radical (unpaired) electrons.